The number of rotatable bonds is 7. The number of para-hydroxylation sites is 4. The van der Waals surface area contributed by atoms with Crippen LogP contribution in [0.5, 0.6) is 23.0 Å². The molecule has 0 heterocycles. The molecule has 0 radical (unpaired) electrons. The van der Waals surface area contributed by atoms with Crippen LogP contribution in [0.1, 0.15) is 5.56 Å². The Morgan fingerprint density at radius 3 is 1.33 bits per heavy atom. The van der Waals surface area contributed by atoms with Crippen LogP contribution in [0.2, 0.25) is 0 Å². The highest BCUT2D eigenvalue weighted by Gasteiger charge is 2.14. The monoisotopic (exact) mass is 504 g/mol. The first-order valence-corrected chi connectivity index (χ1v) is 13.1. The SMILES string of the molecule is Cc1cccc(-c2cc(-c3ccccc3Oc3ccccc3)cc(-c3ccccc3Oc3ccccc3)c2)c1. The lowest BCUT2D eigenvalue weighted by atomic mass is 9.92. The van der Waals surface area contributed by atoms with Crippen molar-refractivity contribution < 1.29 is 9.47 Å². The van der Waals surface area contributed by atoms with E-state index >= 15 is 0 Å². The average Bonchev–Trinajstić information content (AvgIpc) is 2.99. The van der Waals surface area contributed by atoms with Crippen LogP contribution in [-0.2, 0) is 0 Å². The number of hydrogen-bond acceptors (Lipinski definition) is 2. The van der Waals surface area contributed by atoms with Crippen molar-refractivity contribution in [2.75, 3.05) is 0 Å². The highest BCUT2D eigenvalue weighted by Crippen LogP contribution is 2.41. The zero-order chi connectivity index (χ0) is 26.4. The highest BCUT2D eigenvalue weighted by molar-refractivity contribution is 5.85. The van der Waals surface area contributed by atoms with Crippen LogP contribution < -0.4 is 9.47 Å². The Morgan fingerprint density at radius 2 is 0.821 bits per heavy atom. The van der Waals surface area contributed by atoms with E-state index in [1.54, 1.807) is 0 Å². The van der Waals surface area contributed by atoms with Crippen LogP contribution in [0.4, 0.5) is 0 Å². The van der Waals surface area contributed by atoms with Gasteiger partial charge in [0.1, 0.15) is 23.0 Å². The fourth-order valence-electron chi connectivity index (χ4n) is 4.75. The van der Waals surface area contributed by atoms with Crippen LogP contribution in [0.15, 0.2) is 152 Å². The standard InChI is InChI=1S/C37H28O2/c1-27-13-12-14-28(23-27)29-24-30(34-19-8-10-21-36(34)38-32-15-4-2-5-16-32)26-31(25-29)35-20-9-11-22-37(35)39-33-17-6-3-7-18-33/h2-26H,1H3. The van der Waals surface area contributed by atoms with Crippen molar-refractivity contribution >= 4 is 0 Å². The van der Waals surface area contributed by atoms with Gasteiger partial charge in [-0.05, 0) is 83.8 Å². The fourth-order valence-corrected chi connectivity index (χ4v) is 4.75. The molecule has 0 aliphatic rings. The largest absolute Gasteiger partial charge is 0.457 e. The van der Waals surface area contributed by atoms with Crippen LogP contribution >= 0.6 is 0 Å². The third-order valence-corrected chi connectivity index (χ3v) is 6.62. The van der Waals surface area contributed by atoms with Crippen molar-refractivity contribution in [3.63, 3.8) is 0 Å². The highest BCUT2D eigenvalue weighted by atomic mass is 16.5. The van der Waals surface area contributed by atoms with Crippen LogP contribution in [0, 0.1) is 6.92 Å². The van der Waals surface area contributed by atoms with Gasteiger partial charge in [-0.3, -0.25) is 0 Å². The molecular weight excluding hydrogens is 476 g/mol. The van der Waals surface area contributed by atoms with Crippen molar-refractivity contribution in [1.29, 1.82) is 0 Å². The summed E-state index contributed by atoms with van der Waals surface area (Å²) in [5, 5.41) is 0. The van der Waals surface area contributed by atoms with Gasteiger partial charge in [-0.15, -0.1) is 0 Å². The van der Waals surface area contributed by atoms with E-state index < -0.39 is 0 Å². The zero-order valence-corrected chi connectivity index (χ0v) is 21.8. The number of benzene rings is 6. The van der Waals surface area contributed by atoms with Crippen molar-refractivity contribution in [3.8, 4) is 56.4 Å². The van der Waals surface area contributed by atoms with E-state index in [1.165, 1.54) is 11.1 Å². The molecule has 6 aromatic rings. The predicted molar refractivity (Wildman–Crippen MR) is 161 cm³/mol. The minimum atomic E-state index is 0.807. The third kappa shape index (κ3) is 5.61. The number of ether oxygens (including phenoxy) is 2. The molecule has 39 heavy (non-hydrogen) atoms. The molecule has 2 nitrogen and oxygen atoms in total. The molecule has 6 rings (SSSR count). The topological polar surface area (TPSA) is 18.5 Å². The van der Waals surface area contributed by atoms with Gasteiger partial charge in [-0.1, -0.05) is 103 Å². The molecule has 0 saturated carbocycles. The minimum Gasteiger partial charge on any atom is -0.457 e. The normalized spacial score (nSPS) is 10.7. The maximum absolute atomic E-state index is 6.35. The lowest BCUT2D eigenvalue weighted by Gasteiger charge is -2.16. The van der Waals surface area contributed by atoms with Gasteiger partial charge in [0.15, 0.2) is 0 Å². The Kier molecular flexibility index (Phi) is 6.92. The van der Waals surface area contributed by atoms with Crippen molar-refractivity contribution in [3.05, 3.63) is 157 Å². The van der Waals surface area contributed by atoms with Crippen LogP contribution in [0.25, 0.3) is 33.4 Å². The van der Waals surface area contributed by atoms with Gasteiger partial charge in [-0.2, -0.15) is 0 Å². The Morgan fingerprint density at radius 1 is 0.359 bits per heavy atom. The molecule has 0 fully saturated rings. The molecule has 188 valence electrons. The van der Waals surface area contributed by atoms with Crippen molar-refractivity contribution in [2.24, 2.45) is 0 Å². The zero-order valence-electron chi connectivity index (χ0n) is 21.8. The summed E-state index contributed by atoms with van der Waals surface area (Å²) in [7, 11) is 0. The molecule has 0 amide bonds. The van der Waals surface area contributed by atoms with Gasteiger partial charge in [0, 0.05) is 11.1 Å². The van der Waals surface area contributed by atoms with Crippen LogP contribution in [-0.4, -0.2) is 0 Å². The summed E-state index contributed by atoms with van der Waals surface area (Å²) >= 11 is 0. The molecule has 0 atom stereocenters. The van der Waals surface area contributed by atoms with Crippen LogP contribution in [0.3, 0.4) is 0 Å². The summed E-state index contributed by atoms with van der Waals surface area (Å²) < 4.78 is 12.7. The first-order chi connectivity index (χ1) is 19.2. The summed E-state index contributed by atoms with van der Waals surface area (Å²) in [5.74, 6) is 3.23. The summed E-state index contributed by atoms with van der Waals surface area (Å²) in [6, 6.07) is 51.5. The molecule has 0 aliphatic heterocycles. The van der Waals surface area contributed by atoms with E-state index in [2.05, 4.69) is 73.7 Å². The van der Waals surface area contributed by atoms with Gasteiger partial charge in [0.25, 0.3) is 0 Å². The molecule has 0 saturated heterocycles. The van der Waals surface area contributed by atoms with Crippen molar-refractivity contribution in [1.82, 2.24) is 0 Å². The lowest BCUT2D eigenvalue weighted by molar-refractivity contribution is 0.484. The number of aryl methyl sites for hydroxylation is 1. The van der Waals surface area contributed by atoms with E-state index in [0.717, 1.165) is 50.8 Å². The minimum absolute atomic E-state index is 0.807. The van der Waals surface area contributed by atoms with Gasteiger partial charge >= 0.3 is 0 Å². The molecule has 0 unspecified atom stereocenters. The molecule has 0 aromatic heterocycles. The Balaban J connectivity index is 1.51. The lowest BCUT2D eigenvalue weighted by Crippen LogP contribution is -1.92. The summed E-state index contributed by atoms with van der Waals surface area (Å²) in [4.78, 5) is 0. The second kappa shape index (κ2) is 11.1. The quantitative estimate of drug-likeness (QED) is 0.215. The van der Waals surface area contributed by atoms with E-state index in [1.807, 2.05) is 84.9 Å². The molecular formula is C37H28O2. The average molecular weight is 505 g/mol. The molecule has 0 bridgehead atoms. The molecule has 0 N–H and O–H groups in total. The fraction of sp³-hybridized carbons (Fsp3) is 0.0270. The predicted octanol–water partition coefficient (Wildman–Crippen LogP) is 10.6. The summed E-state index contributed by atoms with van der Waals surface area (Å²) in [6.45, 7) is 2.13. The second-order valence-electron chi connectivity index (χ2n) is 9.49. The molecule has 0 aliphatic carbocycles. The maximum atomic E-state index is 6.35. The summed E-state index contributed by atoms with van der Waals surface area (Å²) in [5.41, 5.74) is 7.73. The Bertz CT molecular complexity index is 1600. The van der Waals surface area contributed by atoms with E-state index in [-0.39, 0.29) is 0 Å². The molecule has 0 spiro atoms. The smallest absolute Gasteiger partial charge is 0.135 e. The van der Waals surface area contributed by atoms with Gasteiger partial charge in [0.2, 0.25) is 0 Å². The summed E-state index contributed by atoms with van der Waals surface area (Å²) in [6.07, 6.45) is 0. The number of hydrogen-bond donors (Lipinski definition) is 0. The van der Waals surface area contributed by atoms with Crippen molar-refractivity contribution in [2.45, 2.75) is 6.92 Å². The first kappa shape index (κ1) is 24.3. The molecule has 6 aromatic carbocycles. The van der Waals surface area contributed by atoms with E-state index in [4.69, 9.17) is 9.47 Å². The Labute approximate surface area is 229 Å². The van der Waals surface area contributed by atoms with Gasteiger partial charge in [-0.25, -0.2) is 0 Å². The van der Waals surface area contributed by atoms with E-state index in [9.17, 15) is 0 Å². The third-order valence-electron chi connectivity index (χ3n) is 6.62. The second-order valence-corrected chi connectivity index (χ2v) is 9.49. The maximum Gasteiger partial charge on any atom is 0.135 e. The van der Waals surface area contributed by atoms with E-state index in [0.29, 0.717) is 0 Å². The van der Waals surface area contributed by atoms with Gasteiger partial charge < -0.3 is 9.47 Å². The first-order valence-electron chi connectivity index (χ1n) is 13.1. The Hall–Kier alpha value is -5.08. The molecule has 2 heteroatoms. The van der Waals surface area contributed by atoms with Gasteiger partial charge in [0.05, 0.1) is 0 Å².